The van der Waals surface area contributed by atoms with Crippen LogP contribution in [0.5, 0.6) is 5.75 Å². The van der Waals surface area contributed by atoms with Crippen molar-refractivity contribution in [3.8, 4) is 5.75 Å². The van der Waals surface area contributed by atoms with Crippen molar-refractivity contribution >= 4 is 28.4 Å². The number of para-hydroxylation sites is 1. The number of carbonyl (C=O) groups excluding carboxylic acids is 1. The summed E-state index contributed by atoms with van der Waals surface area (Å²) < 4.78 is 7.23. The summed E-state index contributed by atoms with van der Waals surface area (Å²) in [7, 11) is 1.68. The molecule has 0 aliphatic rings. The minimum Gasteiger partial charge on any atom is -0.484 e. The van der Waals surface area contributed by atoms with Crippen LogP contribution in [-0.2, 0) is 18.4 Å². The molecule has 1 unspecified atom stereocenters. The molecule has 0 radical (unpaired) electrons. The highest BCUT2D eigenvalue weighted by Crippen LogP contribution is 2.23. The molecule has 0 bridgehead atoms. The molecule has 7 heteroatoms. The SMILES string of the molecule is CC(c1nc2ccccc2c(=O)n1C)N(Cc1ccccc1)C(=O)COc1ccc(Cl)cc1. The molecule has 168 valence electrons. The number of halogens is 1. The Kier molecular flexibility index (Phi) is 6.75. The van der Waals surface area contributed by atoms with Gasteiger partial charge in [0.25, 0.3) is 11.5 Å². The quantitative estimate of drug-likeness (QED) is 0.398. The highest BCUT2D eigenvalue weighted by molar-refractivity contribution is 6.30. The van der Waals surface area contributed by atoms with Gasteiger partial charge < -0.3 is 9.64 Å². The predicted octanol–water partition coefficient (Wildman–Crippen LogP) is 4.76. The maximum atomic E-state index is 13.3. The summed E-state index contributed by atoms with van der Waals surface area (Å²) in [6.45, 7) is 2.08. The summed E-state index contributed by atoms with van der Waals surface area (Å²) in [5, 5.41) is 1.14. The van der Waals surface area contributed by atoms with Crippen LogP contribution >= 0.6 is 11.6 Å². The standard InChI is InChI=1S/C26H24ClN3O3/c1-18(25-28-23-11-7-6-10-22(23)26(32)29(25)2)30(16-19-8-4-3-5-9-19)24(31)17-33-21-14-12-20(27)13-15-21/h3-15,18H,16-17H2,1-2H3. The topological polar surface area (TPSA) is 64.4 Å². The number of carbonyl (C=O) groups is 1. The third-order valence-electron chi connectivity index (χ3n) is 5.55. The third-order valence-corrected chi connectivity index (χ3v) is 5.80. The third kappa shape index (κ3) is 5.07. The van der Waals surface area contributed by atoms with E-state index in [2.05, 4.69) is 0 Å². The fourth-order valence-electron chi connectivity index (χ4n) is 3.73. The van der Waals surface area contributed by atoms with Gasteiger partial charge >= 0.3 is 0 Å². The molecule has 6 nitrogen and oxygen atoms in total. The molecule has 4 aromatic rings. The molecule has 4 rings (SSSR count). The van der Waals surface area contributed by atoms with Gasteiger partial charge in [-0.1, -0.05) is 54.1 Å². The maximum absolute atomic E-state index is 13.3. The van der Waals surface area contributed by atoms with Gasteiger partial charge in [-0.3, -0.25) is 14.2 Å². The Morgan fingerprint density at radius 1 is 1.03 bits per heavy atom. The van der Waals surface area contributed by atoms with Crippen molar-refractivity contribution < 1.29 is 9.53 Å². The molecule has 0 saturated carbocycles. The second-order valence-corrected chi connectivity index (χ2v) is 8.21. The molecule has 1 amide bonds. The van der Waals surface area contributed by atoms with Gasteiger partial charge in [-0.2, -0.15) is 0 Å². The zero-order valence-electron chi connectivity index (χ0n) is 18.4. The highest BCUT2D eigenvalue weighted by Gasteiger charge is 2.26. The second-order valence-electron chi connectivity index (χ2n) is 7.78. The Morgan fingerprint density at radius 2 is 1.70 bits per heavy atom. The number of ether oxygens (including phenoxy) is 1. The minimum atomic E-state index is -0.464. The maximum Gasteiger partial charge on any atom is 0.261 e. The van der Waals surface area contributed by atoms with Crippen LogP contribution in [0.25, 0.3) is 10.9 Å². The van der Waals surface area contributed by atoms with Gasteiger partial charge in [0.05, 0.1) is 16.9 Å². The van der Waals surface area contributed by atoms with Crippen molar-refractivity contribution in [3.63, 3.8) is 0 Å². The summed E-state index contributed by atoms with van der Waals surface area (Å²) in [6, 6.07) is 23.3. The van der Waals surface area contributed by atoms with E-state index in [1.807, 2.05) is 49.4 Å². The molecule has 1 atom stereocenters. The first-order valence-corrected chi connectivity index (χ1v) is 11.0. The van der Waals surface area contributed by atoms with E-state index in [9.17, 15) is 9.59 Å². The van der Waals surface area contributed by atoms with Crippen LogP contribution in [0.1, 0.15) is 24.4 Å². The Labute approximate surface area is 197 Å². The molecule has 33 heavy (non-hydrogen) atoms. The number of rotatable bonds is 7. The fourth-order valence-corrected chi connectivity index (χ4v) is 3.85. The number of hydrogen-bond acceptors (Lipinski definition) is 4. The number of hydrogen-bond donors (Lipinski definition) is 0. The first-order chi connectivity index (χ1) is 15.9. The molecule has 0 aliphatic carbocycles. The average molecular weight is 462 g/mol. The summed E-state index contributed by atoms with van der Waals surface area (Å²) in [6.07, 6.45) is 0. The van der Waals surface area contributed by atoms with Crippen LogP contribution in [0.15, 0.2) is 83.7 Å². The second kappa shape index (κ2) is 9.88. The highest BCUT2D eigenvalue weighted by atomic mass is 35.5. The minimum absolute atomic E-state index is 0.146. The number of amides is 1. The molecular weight excluding hydrogens is 438 g/mol. The monoisotopic (exact) mass is 461 g/mol. The molecule has 0 fully saturated rings. The van der Waals surface area contributed by atoms with Crippen molar-refractivity contribution in [3.05, 3.63) is 106 Å². The Morgan fingerprint density at radius 3 is 2.42 bits per heavy atom. The van der Waals surface area contributed by atoms with Crippen LogP contribution in [0.4, 0.5) is 0 Å². The lowest BCUT2D eigenvalue weighted by Gasteiger charge is -2.30. The fraction of sp³-hybridized carbons (Fsp3) is 0.192. The molecule has 0 spiro atoms. The van der Waals surface area contributed by atoms with Gasteiger partial charge in [-0.05, 0) is 48.9 Å². The Balaban J connectivity index is 1.66. The van der Waals surface area contributed by atoms with E-state index < -0.39 is 6.04 Å². The zero-order valence-corrected chi connectivity index (χ0v) is 19.2. The van der Waals surface area contributed by atoms with E-state index in [4.69, 9.17) is 21.3 Å². The van der Waals surface area contributed by atoms with Crippen LogP contribution in [-0.4, -0.2) is 27.0 Å². The van der Waals surface area contributed by atoms with Gasteiger partial charge in [-0.25, -0.2) is 4.98 Å². The first-order valence-electron chi connectivity index (χ1n) is 10.6. The zero-order chi connectivity index (χ0) is 23.4. The summed E-state index contributed by atoms with van der Waals surface area (Å²) in [5.41, 5.74) is 1.42. The predicted molar refractivity (Wildman–Crippen MR) is 129 cm³/mol. The van der Waals surface area contributed by atoms with Gasteiger partial charge in [0.15, 0.2) is 6.61 Å². The first kappa shape index (κ1) is 22.6. The summed E-state index contributed by atoms with van der Waals surface area (Å²) in [4.78, 5) is 32.7. The van der Waals surface area contributed by atoms with E-state index in [-0.39, 0.29) is 18.1 Å². The van der Waals surface area contributed by atoms with Crippen molar-refractivity contribution in [1.82, 2.24) is 14.5 Å². The molecule has 3 aromatic carbocycles. The molecule has 1 heterocycles. The van der Waals surface area contributed by atoms with Crippen LogP contribution in [0.3, 0.4) is 0 Å². The number of benzene rings is 3. The molecule has 0 saturated heterocycles. The van der Waals surface area contributed by atoms with E-state index >= 15 is 0 Å². The van der Waals surface area contributed by atoms with Crippen LogP contribution in [0, 0.1) is 0 Å². The van der Waals surface area contributed by atoms with Crippen LogP contribution < -0.4 is 10.3 Å². The van der Waals surface area contributed by atoms with E-state index in [1.165, 1.54) is 4.57 Å². The summed E-state index contributed by atoms with van der Waals surface area (Å²) >= 11 is 5.93. The average Bonchev–Trinajstić information content (AvgIpc) is 2.84. The molecule has 0 aliphatic heterocycles. The van der Waals surface area contributed by atoms with Crippen molar-refractivity contribution in [2.45, 2.75) is 19.5 Å². The Hall–Kier alpha value is -3.64. The lowest BCUT2D eigenvalue weighted by molar-refractivity contribution is -0.136. The molecular formula is C26H24ClN3O3. The summed E-state index contributed by atoms with van der Waals surface area (Å²) in [5.74, 6) is 0.842. The van der Waals surface area contributed by atoms with E-state index in [0.717, 1.165) is 5.56 Å². The van der Waals surface area contributed by atoms with Gasteiger partial charge in [0.2, 0.25) is 0 Å². The van der Waals surface area contributed by atoms with E-state index in [0.29, 0.717) is 34.0 Å². The van der Waals surface area contributed by atoms with Gasteiger partial charge in [0.1, 0.15) is 11.6 Å². The van der Waals surface area contributed by atoms with Crippen molar-refractivity contribution in [1.29, 1.82) is 0 Å². The number of aromatic nitrogens is 2. The molecule has 1 aromatic heterocycles. The number of nitrogens with zero attached hydrogens (tertiary/aromatic N) is 3. The Bertz CT molecular complexity index is 1320. The van der Waals surface area contributed by atoms with E-state index in [1.54, 1.807) is 48.3 Å². The van der Waals surface area contributed by atoms with Crippen LogP contribution in [0.2, 0.25) is 5.02 Å². The van der Waals surface area contributed by atoms with Gasteiger partial charge in [-0.15, -0.1) is 0 Å². The molecule has 0 N–H and O–H groups in total. The van der Waals surface area contributed by atoms with Gasteiger partial charge in [0, 0.05) is 18.6 Å². The smallest absolute Gasteiger partial charge is 0.261 e. The normalized spacial score (nSPS) is 11.8. The lowest BCUT2D eigenvalue weighted by atomic mass is 10.1. The number of fused-ring (bicyclic) bond motifs is 1. The lowest BCUT2D eigenvalue weighted by Crippen LogP contribution is -2.39. The largest absolute Gasteiger partial charge is 0.484 e. The van der Waals surface area contributed by atoms with Crippen molar-refractivity contribution in [2.75, 3.05) is 6.61 Å². The van der Waals surface area contributed by atoms with Crippen molar-refractivity contribution in [2.24, 2.45) is 7.05 Å².